The van der Waals surface area contributed by atoms with Crippen LogP contribution in [-0.2, 0) is 4.79 Å². The van der Waals surface area contributed by atoms with Crippen LogP contribution in [0.1, 0.15) is 38.5 Å². The molecule has 1 atom stereocenters. The van der Waals surface area contributed by atoms with Crippen LogP contribution in [0.4, 0.5) is 0 Å². The zero-order valence-corrected chi connectivity index (χ0v) is 10.3. The molecule has 1 amide bonds. The van der Waals surface area contributed by atoms with Gasteiger partial charge in [-0.25, -0.2) is 0 Å². The van der Waals surface area contributed by atoms with Crippen LogP contribution in [0.25, 0.3) is 0 Å². The van der Waals surface area contributed by atoms with Crippen molar-refractivity contribution in [2.24, 2.45) is 29.2 Å². The number of primary amides is 1. The van der Waals surface area contributed by atoms with Crippen molar-refractivity contribution in [1.82, 2.24) is 5.32 Å². The third kappa shape index (κ3) is 2.08. The lowest BCUT2D eigenvalue weighted by Gasteiger charge is -2.57. The van der Waals surface area contributed by atoms with Gasteiger partial charge in [-0.2, -0.15) is 0 Å². The summed E-state index contributed by atoms with van der Waals surface area (Å²) in [4.78, 5) is 11.0. The average Bonchev–Trinajstić information content (AvgIpc) is 2.24. The maximum atomic E-state index is 11.0. The normalized spacial score (nSPS) is 44.9. The summed E-state index contributed by atoms with van der Waals surface area (Å²) in [6.07, 6.45) is 8.15. The van der Waals surface area contributed by atoms with Crippen LogP contribution in [0.15, 0.2) is 0 Å². The number of nitrogens with one attached hydrogen (secondary N) is 1. The maximum absolute atomic E-state index is 11.0. The van der Waals surface area contributed by atoms with Crippen molar-refractivity contribution < 1.29 is 4.79 Å². The van der Waals surface area contributed by atoms with Gasteiger partial charge in [0.2, 0.25) is 5.91 Å². The summed E-state index contributed by atoms with van der Waals surface area (Å²) in [5.74, 6) is 2.35. The first kappa shape index (κ1) is 11.5. The second-order valence-electron chi connectivity index (χ2n) is 6.59. The zero-order chi connectivity index (χ0) is 12.0. The second kappa shape index (κ2) is 3.95. The molecule has 4 heteroatoms. The van der Waals surface area contributed by atoms with Crippen LogP contribution in [0.3, 0.4) is 0 Å². The van der Waals surface area contributed by atoms with Crippen molar-refractivity contribution in [3.8, 4) is 0 Å². The van der Waals surface area contributed by atoms with Crippen molar-refractivity contribution in [3.63, 3.8) is 0 Å². The average molecular weight is 237 g/mol. The topological polar surface area (TPSA) is 81.1 Å². The molecule has 0 saturated heterocycles. The summed E-state index contributed by atoms with van der Waals surface area (Å²) in [5, 5.41) is 3.58. The standard InChI is InChI=1S/C13H23N3O/c14-11(12(15)17)7-16-13-4-8-1-9(5-13)3-10(2-8)6-13/h8-11,16H,1-7,14H2,(H2,15,17). The van der Waals surface area contributed by atoms with Crippen LogP contribution in [0.2, 0.25) is 0 Å². The van der Waals surface area contributed by atoms with E-state index in [1.807, 2.05) is 0 Å². The van der Waals surface area contributed by atoms with Gasteiger partial charge in [0.05, 0.1) is 6.04 Å². The Morgan fingerprint density at radius 1 is 1.18 bits per heavy atom. The van der Waals surface area contributed by atoms with E-state index in [1.165, 1.54) is 38.5 Å². The highest BCUT2D eigenvalue weighted by atomic mass is 16.1. The molecule has 96 valence electrons. The Morgan fingerprint density at radius 2 is 1.65 bits per heavy atom. The Bertz CT molecular complexity index is 293. The summed E-state index contributed by atoms with van der Waals surface area (Å²) in [5.41, 5.74) is 11.2. The predicted octanol–water partition coefficient (Wildman–Crippen LogP) is 0.357. The molecule has 4 fully saturated rings. The summed E-state index contributed by atoms with van der Waals surface area (Å²) in [6, 6.07) is -0.539. The lowest BCUT2D eigenvalue weighted by Crippen LogP contribution is -2.61. The van der Waals surface area contributed by atoms with E-state index in [9.17, 15) is 4.79 Å². The van der Waals surface area contributed by atoms with E-state index in [-0.39, 0.29) is 5.54 Å². The second-order valence-corrected chi connectivity index (χ2v) is 6.59. The Hall–Kier alpha value is -0.610. The van der Waals surface area contributed by atoms with Crippen molar-refractivity contribution in [3.05, 3.63) is 0 Å². The van der Waals surface area contributed by atoms with E-state index in [4.69, 9.17) is 11.5 Å². The van der Waals surface area contributed by atoms with Gasteiger partial charge in [-0.1, -0.05) is 0 Å². The smallest absolute Gasteiger partial charge is 0.235 e. The molecule has 0 spiro atoms. The minimum atomic E-state index is -0.539. The third-order valence-electron chi connectivity index (χ3n) is 5.10. The fourth-order valence-electron chi connectivity index (χ4n) is 4.75. The quantitative estimate of drug-likeness (QED) is 0.660. The fourth-order valence-corrected chi connectivity index (χ4v) is 4.75. The molecule has 0 aromatic rings. The molecular formula is C13H23N3O. The molecule has 1 unspecified atom stereocenters. The highest BCUT2D eigenvalue weighted by Crippen LogP contribution is 2.55. The van der Waals surface area contributed by atoms with Crippen molar-refractivity contribution in [1.29, 1.82) is 0 Å². The number of hydrogen-bond donors (Lipinski definition) is 3. The van der Waals surface area contributed by atoms with Crippen LogP contribution in [0.5, 0.6) is 0 Å². The molecule has 0 radical (unpaired) electrons. The highest BCUT2D eigenvalue weighted by Gasteiger charge is 2.50. The fraction of sp³-hybridized carbons (Fsp3) is 0.923. The van der Waals surface area contributed by atoms with E-state index in [0.29, 0.717) is 6.54 Å². The molecule has 5 N–H and O–H groups in total. The number of hydrogen-bond acceptors (Lipinski definition) is 3. The van der Waals surface area contributed by atoms with E-state index in [1.54, 1.807) is 0 Å². The maximum Gasteiger partial charge on any atom is 0.235 e. The van der Waals surface area contributed by atoms with Gasteiger partial charge in [0.1, 0.15) is 0 Å². The van der Waals surface area contributed by atoms with Gasteiger partial charge >= 0.3 is 0 Å². The van der Waals surface area contributed by atoms with Crippen LogP contribution in [0, 0.1) is 17.8 Å². The van der Waals surface area contributed by atoms with Gasteiger partial charge in [0.15, 0.2) is 0 Å². The van der Waals surface area contributed by atoms with Gasteiger partial charge in [-0.15, -0.1) is 0 Å². The molecular weight excluding hydrogens is 214 g/mol. The SMILES string of the molecule is NC(=O)C(N)CNC12CC3CC(CC(C3)C1)C2. The van der Waals surface area contributed by atoms with Crippen molar-refractivity contribution >= 4 is 5.91 Å². The highest BCUT2D eigenvalue weighted by molar-refractivity contribution is 5.79. The van der Waals surface area contributed by atoms with Gasteiger partial charge in [-0.3, -0.25) is 4.79 Å². The molecule has 4 bridgehead atoms. The Kier molecular flexibility index (Phi) is 2.67. The molecule has 4 nitrogen and oxygen atoms in total. The summed E-state index contributed by atoms with van der Waals surface area (Å²) >= 11 is 0. The lowest BCUT2D eigenvalue weighted by atomic mass is 9.53. The van der Waals surface area contributed by atoms with E-state index in [0.717, 1.165) is 17.8 Å². The predicted molar refractivity (Wildman–Crippen MR) is 66.1 cm³/mol. The molecule has 4 aliphatic rings. The van der Waals surface area contributed by atoms with Crippen LogP contribution < -0.4 is 16.8 Å². The first-order valence-electron chi connectivity index (χ1n) is 6.86. The Morgan fingerprint density at radius 3 is 2.06 bits per heavy atom. The van der Waals surface area contributed by atoms with E-state index < -0.39 is 11.9 Å². The number of rotatable bonds is 4. The number of carbonyl (C=O) groups excluding carboxylic acids is 1. The minimum absolute atomic E-state index is 0.280. The molecule has 4 rings (SSSR count). The first-order valence-corrected chi connectivity index (χ1v) is 6.86. The van der Waals surface area contributed by atoms with Crippen molar-refractivity contribution in [2.75, 3.05) is 6.54 Å². The van der Waals surface area contributed by atoms with Crippen LogP contribution >= 0.6 is 0 Å². The van der Waals surface area contributed by atoms with Crippen molar-refractivity contribution in [2.45, 2.75) is 50.1 Å². The monoisotopic (exact) mass is 237 g/mol. The number of carbonyl (C=O) groups is 1. The van der Waals surface area contributed by atoms with E-state index in [2.05, 4.69) is 5.32 Å². The largest absolute Gasteiger partial charge is 0.368 e. The molecule has 0 aromatic carbocycles. The van der Waals surface area contributed by atoms with Crippen LogP contribution in [-0.4, -0.2) is 24.0 Å². The molecule has 0 aromatic heterocycles. The van der Waals surface area contributed by atoms with Gasteiger partial charge in [0.25, 0.3) is 0 Å². The molecule has 4 aliphatic carbocycles. The summed E-state index contributed by atoms with van der Waals surface area (Å²) in [6.45, 7) is 0.543. The molecule has 0 aliphatic heterocycles. The first-order chi connectivity index (χ1) is 8.06. The zero-order valence-electron chi connectivity index (χ0n) is 10.3. The lowest BCUT2D eigenvalue weighted by molar-refractivity contribution is -0.119. The summed E-state index contributed by atoms with van der Waals surface area (Å²) in [7, 11) is 0. The Balaban J connectivity index is 1.64. The van der Waals surface area contributed by atoms with Gasteiger partial charge in [0, 0.05) is 12.1 Å². The van der Waals surface area contributed by atoms with Gasteiger partial charge in [-0.05, 0) is 56.3 Å². The number of nitrogens with two attached hydrogens (primary N) is 2. The molecule has 0 heterocycles. The van der Waals surface area contributed by atoms with Gasteiger partial charge < -0.3 is 16.8 Å². The Labute approximate surface area is 102 Å². The minimum Gasteiger partial charge on any atom is -0.368 e. The molecule has 17 heavy (non-hydrogen) atoms. The van der Waals surface area contributed by atoms with E-state index >= 15 is 0 Å². The summed E-state index contributed by atoms with van der Waals surface area (Å²) < 4.78 is 0. The number of amides is 1. The third-order valence-corrected chi connectivity index (χ3v) is 5.10. The molecule has 4 saturated carbocycles.